The van der Waals surface area contributed by atoms with Gasteiger partial charge in [0.15, 0.2) is 0 Å². The van der Waals surface area contributed by atoms with Gasteiger partial charge in [0, 0.05) is 50.5 Å². The first-order valence-electron chi connectivity index (χ1n) is 24.4. The number of ether oxygens (including phenoxy) is 4. The smallest absolute Gasteiger partial charge is 0.331 e. The molecule has 6 aromatic rings. The van der Waals surface area contributed by atoms with Gasteiger partial charge in [-0.25, -0.2) is 9.59 Å². The van der Waals surface area contributed by atoms with Crippen molar-refractivity contribution < 1.29 is 68.1 Å². The van der Waals surface area contributed by atoms with Gasteiger partial charge >= 0.3 is 17.9 Å². The molecule has 4 atom stereocenters. The molecule has 2 aliphatic rings. The molecule has 6 N–H and O–H groups in total. The molecule has 4 heterocycles. The number of likely N-dealkylation sites (tertiary alicyclic amines) is 1. The van der Waals surface area contributed by atoms with Gasteiger partial charge in [0.2, 0.25) is 25.4 Å². The lowest BCUT2D eigenvalue weighted by Gasteiger charge is -2.29. The minimum Gasteiger partial charge on any atom is -0.508 e. The number of carboxylic acid groups (broad SMARTS) is 1. The van der Waals surface area contributed by atoms with Crippen molar-refractivity contribution in [3.05, 3.63) is 141 Å². The number of carbonyl (C=O) groups excluding carboxylic acids is 4. The highest BCUT2D eigenvalue weighted by atomic mass is 35.5. The third-order valence-corrected chi connectivity index (χ3v) is 12.1. The van der Waals surface area contributed by atoms with Gasteiger partial charge in [-0.3, -0.25) is 44.6 Å². The van der Waals surface area contributed by atoms with E-state index in [4.69, 9.17) is 29.2 Å². The SMILES string of the molecule is CC(=O)N[C@@H](Cc1ccc(O)cc1)C(=O)O.CC(C)N[C@@H](Cc1ccc(O)cc1)C(=O)N1CCC[C@H]1C(=O)OCOc1ccc([N+](=O)[O-])c2cccnc12.Cl.O=C(OCOc1ccc([N+](=O)[O-])c2cccnc12)C1CCCN1.S.S.S.S. The number of hydrogen-bond acceptors (Lipinski definition) is 19. The van der Waals surface area contributed by atoms with Crippen LogP contribution in [0.4, 0.5) is 11.4 Å². The Morgan fingerprint density at radius 1 is 0.695 bits per heavy atom. The van der Waals surface area contributed by atoms with Crippen molar-refractivity contribution in [3.8, 4) is 23.0 Å². The average molecular weight is 1240 g/mol. The Balaban J connectivity index is 0.000000655. The number of nitrogens with zero attached hydrogens (tertiary/aromatic N) is 5. The van der Waals surface area contributed by atoms with Crippen LogP contribution < -0.4 is 25.4 Å². The molecule has 8 rings (SSSR count). The van der Waals surface area contributed by atoms with E-state index < -0.39 is 46.7 Å². The summed E-state index contributed by atoms with van der Waals surface area (Å²) >= 11 is 0. The van der Waals surface area contributed by atoms with Gasteiger partial charge in [-0.1, -0.05) is 38.1 Å². The Labute approximate surface area is 505 Å². The molecule has 2 aliphatic heterocycles. The first-order valence-corrected chi connectivity index (χ1v) is 24.4. The summed E-state index contributed by atoms with van der Waals surface area (Å²) in [5.41, 5.74) is 2.11. The van der Waals surface area contributed by atoms with Crippen LogP contribution >= 0.6 is 66.4 Å². The minimum atomic E-state index is -1.08. The number of carboxylic acids is 1. The number of halogens is 1. The number of rotatable bonds is 19. The summed E-state index contributed by atoms with van der Waals surface area (Å²) < 4.78 is 21.5. The number of hydrogen-bond donors (Lipinski definition) is 6. The van der Waals surface area contributed by atoms with E-state index in [0.717, 1.165) is 30.5 Å². The lowest BCUT2D eigenvalue weighted by atomic mass is 10.0. The lowest BCUT2D eigenvalue weighted by Crippen LogP contribution is -2.53. The summed E-state index contributed by atoms with van der Waals surface area (Å²) in [6.45, 7) is 5.71. The van der Waals surface area contributed by atoms with E-state index in [1.54, 1.807) is 65.6 Å². The van der Waals surface area contributed by atoms with Crippen LogP contribution in [0.25, 0.3) is 21.8 Å². The minimum absolute atomic E-state index is 0. The maximum Gasteiger partial charge on any atom is 0.331 e. The van der Waals surface area contributed by atoms with Crippen molar-refractivity contribution in [2.75, 3.05) is 26.7 Å². The van der Waals surface area contributed by atoms with E-state index >= 15 is 0 Å². The molecule has 4 aromatic carbocycles. The van der Waals surface area contributed by atoms with Crippen LogP contribution in [-0.2, 0) is 46.3 Å². The third kappa shape index (κ3) is 20.9. The fraction of sp³-hybridized carbons (Fsp3) is 0.340. The Morgan fingerprint density at radius 3 is 1.60 bits per heavy atom. The number of phenols is 2. The monoisotopic (exact) mass is 1230 g/mol. The van der Waals surface area contributed by atoms with Crippen LogP contribution in [0.1, 0.15) is 57.6 Å². The molecule has 2 aromatic heterocycles. The van der Waals surface area contributed by atoms with Gasteiger partial charge in [0.25, 0.3) is 11.4 Å². The second-order valence-electron chi connectivity index (χ2n) is 18.0. The number of aliphatic carboxylic acids is 1. The number of carbonyl (C=O) groups is 5. The van der Waals surface area contributed by atoms with E-state index in [1.165, 1.54) is 55.7 Å². The van der Waals surface area contributed by atoms with Crippen LogP contribution in [-0.4, -0.2) is 127 Å². The summed E-state index contributed by atoms with van der Waals surface area (Å²) in [6, 6.07) is 22.3. The molecule has 82 heavy (non-hydrogen) atoms. The first kappa shape index (κ1) is 72.7. The van der Waals surface area contributed by atoms with E-state index in [-0.39, 0.29) is 144 Å². The number of esters is 2. The molecule has 29 heteroatoms. The highest BCUT2D eigenvalue weighted by Crippen LogP contribution is 2.33. The number of nitro groups is 2. The number of nitro benzene ring substituents is 2. The number of pyridine rings is 2. The Hall–Kier alpha value is -7.34. The highest BCUT2D eigenvalue weighted by molar-refractivity contribution is 7.59. The summed E-state index contributed by atoms with van der Waals surface area (Å²) in [7, 11) is 0. The molecule has 446 valence electrons. The zero-order valence-corrected chi connectivity index (χ0v) is 49.5. The van der Waals surface area contributed by atoms with Crippen LogP contribution in [0.5, 0.6) is 23.0 Å². The normalized spacial score (nSPS) is 14.5. The molecule has 0 spiro atoms. The van der Waals surface area contributed by atoms with Crippen molar-refractivity contribution in [2.45, 2.75) is 89.5 Å². The Kier molecular flexibility index (Phi) is 31.5. The van der Waals surface area contributed by atoms with Crippen LogP contribution in [0.15, 0.2) is 109 Å². The quantitative estimate of drug-likeness (QED) is 0.0218. The van der Waals surface area contributed by atoms with Gasteiger partial charge in [0.1, 0.15) is 52.2 Å². The fourth-order valence-electron chi connectivity index (χ4n) is 8.48. The van der Waals surface area contributed by atoms with Crippen molar-refractivity contribution in [1.29, 1.82) is 0 Å². The molecular formula is C53H67ClN8O16S4. The van der Waals surface area contributed by atoms with Gasteiger partial charge in [-0.15, -0.1) is 12.4 Å². The number of fused-ring (bicyclic) bond motifs is 2. The van der Waals surface area contributed by atoms with Gasteiger partial charge in [-0.2, -0.15) is 54.0 Å². The van der Waals surface area contributed by atoms with Crippen LogP contribution in [0.3, 0.4) is 0 Å². The summed E-state index contributed by atoms with van der Waals surface area (Å²) in [5.74, 6) is -1.76. The van der Waals surface area contributed by atoms with E-state index in [0.29, 0.717) is 47.8 Å². The van der Waals surface area contributed by atoms with Crippen molar-refractivity contribution in [3.63, 3.8) is 0 Å². The van der Waals surface area contributed by atoms with Crippen molar-refractivity contribution >= 4 is 129 Å². The number of benzene rings is 4. The number of aromatic nitrogens is 2. The third-order valence-electron chi connectivity index (χ3n) is 12.1. The molecule has 1 unspecified atom stereocenters. The molecular weight excluding hydrogens is 1170 g/mol. The molecule has 2 fully saturated rings. The van der Waals surface area contributed by atoms with E-state index in [9.17, 15) is 49.3 Å². The Morgan fingerprint density at radius 2 is 1.17 bits per heavy atom. The number of aromatic hydroxyl groups is 2. The molecule has 2 amide bonds. The van der Waals surface area contributed by atoms with Gasteiger partial charge in [0.05, 0.1) is 26.7 Å². The molecule has 0 aliphatic carbocycles. The predicted molar refractivity (Wildman–Crippen MR) is 325 cm³/mol. The second kappa shape index (κ2) is 35.5. The molecule has 2 saturated heterocycles. The first-order chi connectivity index (χ1) is 36.9. The lowest BCUT2D eigenvalue weighted by molar-refractivity contribution is -0.383. The number of phenolic OH excluding ortho intramolecular Hbond substituents is 2. The number of non-ortho nitro benzene ring substituents is 2. The van der Waals surface area contributed by atoms with Crippen LogP contribution in [0.2, 0.25) is 0 Å². The number of nitrogens with one attached hydrogen (secondary N) is 3. The highest BCUT2D eigenvalue weighted by Gasteiger charge is 2.38. The fourth-order valence-corrected chi connectivity index (χ4v) is 8.48. The standard InChI is InChI=1S/C27H30N4O7.C15H15N3O5.C11H13NO4.ClH.4H2S/c1-17(2)29-21(15-18-7-9-19(32)10-8-18)26(33)30-14-4-6-23(30)27(34)38-16-37-24-12-11-22(31(35)36)20-5-3-13-28-25(20)24;19-15(11-4-2-7-16-11)23-9-22-13-6-5-12(18(20)21)10-3-1-8-17-14(10)13;1-7(13)12-10(11(15)16)6-8-2-4-9(14)5-3-8;;;;;/h3,5,7-13,17,21,23,29,32H,4,6,14-16H2,1-2H3;1,3,5-6,8,11,16H,2,4,7,9H2;2-5,10,14H,6H2,1H3,(H,12,13)(H,15,16);1H;4*1H2/t21-,23-;;10-;;;;;/m0.0...../s1. The molecule has 0 saturated carbocycles. The largest absolute Gasteiger partial charge is 0.508 e. The molecule has 0 radical (unpaired) electrons. The maximum atomic E-state index is 13.5. The van der Waals surface area contributed by atoms with Crippen molar-refractivity contribution in [1.82, 2.24) is 30.8 Å². The van der Waals surface area contributed by atoms with E-state index in [2.05, 4.69) is 25.9 Å². The van der Waals surface area contributed by atoms with Gasteiger partial charge < -0.3 is 55.1 Å². The average Bonchev–Trinajstić information content (AvgIpc) is 4.14. The zero-order valence-electron chi connectivity index (χ0n) is 44.6. The van der Waals surface area contributed by atoms with Gasteiger partial charge in [-0.05, 0) is 110 Å². The van der Waals surface area contributed by atoms with E-state index in [1.807, 2.05) is 13.8 Å². The second-order valence-corrected chi connectivity index (χ2v) is 18.0. The van der Waals surface area contributed by atoms with Crippen LogP contribution in [0, 0.1) is 20.2 Å². The maximum absolute atomic E-state index is 13.5. The summed E-state index contributed by atoms with van der Waals surface area (Å²) in [6.07, 6.45) is 6.43. The number of amides is 2. The zero-order chi connectivity index (χ0) is 55.6. The van der Waals surface area contributed by atoms with Crippen molar-refractivity contribution in [2.24, 2.45) is 0 Å². The predicted octanol–water partition coefficient (Wildman–Crippen LogP) is 6.50. The topological polar surface area (TPSA) is 334 Å². The summed E-state index contributed by atoms with van der Waals surface area (Å²) in [5, 5.41) is 59.2. The Bertz CT molecular complexity index is 3080. The molecule has 24 nitrogen and oxygen atoms in total. The summed E-state index contributed by atoms with van der Waals surface area (Å²) in [4.78, 5) is 91.1. The molecule has 0 bridgehead atoms.